The summed E-state index contributed by atoms with van der Waals surface area (Å²) < 4.78 is 46.1. The molecule has 2 N–H and O–H groups in total. The Morgan fingerprint density at radius 1 is 1.04 bits per heavy atom. The predicted molar refractivity (Wildman–Crippen MR) is 105 cm³/mol. The molecule has 1 heterocycles. The Bertz CT molecular complexity index is 949. The molecule has 0 unspecified atom stereocenters. The molecule has 0 aliphatic heterocycles. The van der Waals surface area contributed by atoms with Crippen LogP contribution in [-0.2, 0) is 6.18 Å². The van der Waals surface area contributed by atoms with Gasteiger partial charge in [0.15, 0.2) is 0 Å². The van der Waals surface area contributed by atoms with Gasteiger partial charge in [0.05, 0.1) is 12.3 Å². The van der Waals surface area contributed by atoms with Crippen LogP contribution >= 0.6 is 15.9 Å². The van der Waals surface area contributed by atoms with Crippen LogP contribution in [-0.4, -0.2) is 16.6 Å². The Balaban J connectivity index is 1.90. The van der Waals surface area contributed by atoms with E-state index >= 15 is 0 Å². The largest absolute Gasteiger partial charge is 0.494 e. The quantitative estimate of drug-likeness (QED) is 0.470. The fourth-order valence-electron chi connectivity index (χ4n) is 2.37. The maximum Gasteiger partial charge on any atom is 0.421 e. The highest BCUT2D eigenvalue weighted by Gasteiger charge is 2.35. The van der Waals surface area contributed by atoms with Crippen molar-refractivity contribution in [2.24, 2.45) is 0 Å². The summed E-state index contributed by atoms with van der Waals surface area (Å²) in [5.41, 5.74) is 0.120. The number of nitrogens with one attached hydrogen (secondary N) is 2. The van der Waals surface area contributed by atoms with Crippen molar-refractivity contribution in [1.82, 2.24) is 9.97 Å². The summed E-state index contributed by atoms with van der Waals surface area (Å²) in [4.78, 5) is 7.82. The van der Waals surface area contributed by atoms with Crippen molar-refractivity contribution in [3.05, 3.63) is 64.8 Å². The summed E-state index contributed by atoms with van der Waals surface area (Å²) in [7, 11) is 0. The van der Waals surface area contributed by atoms with Gasteiger partial charge < -0.3 is 15.4 Å². The molecule has 0 spiro atoms. The number of nitrogens with zero attached hydrogens (tertiary/aromatic N) is 2. The van der Waals surface area contributed by atoms with Gasteiger partial charge in [-0.25, -0.2) is 4.98 Å². The third-order valence-electron chi connectivity index (χ3n) is 3.64. The molecule has 0 bridgehead atoms. The zero-order chi connectivity index (χ0) is 20.1. The lowest BCUT2D eigenvalue weighted by Gasteiger charge is -2.15. The van der Waals surface area contributed by atoms with Gasteiger partial charge in [0.25, 0.3) is 0 Å². The minimum atomic E-state index is -4.60. The van der Waals surface area contributed by atoms with Crippen molar-refractivity contribution < 1.29 is 17.9 Å². The lowest BCUT2D eigenvalue weighted by atomic mass is 10.2. The molecule has 146 valence electrons. The fourth-order valence-corrected chi connectivity index (χ4v) is 2.75. The molecule has 0 atom stereocenters. The normalized spacial score (nSPS) is 11.2. The van der Waals surface area contributed by atoms with Crippen molar-refractivity contribution in [3.63, 3.8) is 0 Å². The van der Waals surface area contributed by atoms with Crippen LogP contribution in [0.1, 0.15) is 12.5 Å². The smallest absolute Gasteiger partial charge is 0.421 e. The lowest BCUT2D eigenvalue weighted by Crippen LogP contribution is -2.12. The third-order valence-corrected chi connectivity index (χ3v) is 4.33. The monoisotopic (exact) mass is 452 g/mol. The van der Waals surface area contributed by atoms with Crippen molar-refractivity contribution in [2.75, 3.05) is 17.2 Å². The Labute approximate surface area is 168 Å². The molecule has 0 aliphatic carbocycles. The molecule has 0 saturated heterocycles. The summed E-state index contributed by atoms with van der Waals surface area (Å²) in [6.45, 7) is 2.42. The van der Waals surface area contributed by atoms with Gasteiger partial charge in [0.1, 0.15) is 17.1 Å². The molecule has 28 heavy (non-hydrogen) atoms. The third kappa shape index (κ3) is 4.92. The van der Waals surface area contributed by atoms with Gasteiger partial charge in [0, 0.05) is 16.4 Å². The van der Waals surface area contributed by atoms with Crippen LogP contribution in [0.4, 0.5) is 36.3 Å². The molecule has 5 nitrogen and oxygen atoms in total. The van der Waals surface area contributed by atoms with E-state index in [2.05, 4.69) is 36.5 Å². The minimum absolute atomic E-state index is 0.0340. The van der Waals surface area contributed by atoms with Crippen molar-refractivity contribution in [1.29, 1.82) is 0 Å². The maximum atomic E-state index is 13.4. The van der Waals surface area contributed by atoms with E-state index in [1.54, 1.807) is 48.5 Å². The van der Waals surface area contributed by atoms with Gasteiger partial charge in [-0.2, -0.15) is 18.2 Å². The molecule has 0 aliphatic rings. The Kier molecular flexibility index (Phi) is 6.03. The lowest BCUT2D eigenvalue weighted by molar-refractivity contribution is -0.137. The van der Waals surface area contributed by atoms with Crippen LogP contribution in [0.15, 0.2) is 59.2 Å². The maximum absolute atomic E-state index is 13.4. The predicted octanol–water partition coefficient (Wildman–Crippen LogP) is 6.14. The zero-order valence-electron chi connectivity index (χ0n) is 14.7. The van der Waals surface area contributed by atoms with E-state index in [0.29, 0.717) is 28.2 Å². The van der Waals surface area contributed by atoms with E-state index in [1.807, 2.05) is 6.92 Å². The summed E-state index contributed by atoms with van der Waals surface area (Å²) in [5.74, 6) is 0.382. The van der Waals surface area contributed by atoms with Crippen LogP contribution in [0, 0.1) is 0 Å². The first-order valence-electron chi connectivity index (χ1n) is 8.32. The van der Waals surface area contributed by atoms with Gasteiger partial charge in [-0.3, -0.25) is 0 Å². The Hall–Kier alpha value is -2.81. The average molecular weight is 453 g/mol. The molecule has 9 heteroatoms. The highest BCUT2D eigenvalue weighted by atomic mass is 79.9. The second-order valence-electron chi connectivity index (χ2n) is 5.64. The van der Waals surface area contributed by atoms with Crippen LogP contribution in [0.25, 0.3) is 0 Å². The summed E-state index contributed by atoms with van der Waals surface area (Å²) in [6.07, 6.45) is -3.84. The number of halogens is 4. The highest BCUT2D eigenvalue weighted by Crippen LogP contribution is 2.36. The number of aromatic nitrogens is 2. The molecule has 0 amide bonds. The van der Waals surface area contributed by atoms with E-state index in [1.165, 1.54) is 0 Å². The van der Waals surface area contributed by atoms with E-state index in [9.17, 15) is 13.2 Å². The molecule has 3 rings (SSSR count). The number of para-hydroxylation sites is 1. The van der Waals surface area contributed by atoms with Gasteiger partial charge >= 0.3 is 6.18 Å². The van der Waals surface area contributed by atoms with E-state index in [-0.39, 0.29) is 11.8 Å². The number of hydrogen-bond donors (Lipinski definition) is 2. The number of rotatable bonds is 6. The molecule has 0 radical (unpaired) electrons. The highest BCUT2D eigenvalue weighted by molar-refractivity contribution is 9.10. The standard InChI is InChI=1S/C19H16BrF3N4O/c1-2-28-13-9-7-12(8-10-13)25-18-24-11-14(19(21,22)23)17(27-18)26-16-6-4-3-5-15(16)20/h3-11H,2H2,1H3,(H2,24,25,26,27). The number of benzene rings is 2. The molecule has 1 aromatic heterocycles. The molecule has 3 aromatic rings. The second kappa shape index (κ2) is 8.47. The van der Waals surface area contributed by atoms with Gasteiger partial charge in [0.2, 0.25) is 5.95 Å². The molecule has 2 aromatic carbocycles. The van der Waals surface area contributed by atoms with Crippen LogP contribution in [0.3, 0.4) is 0 Å². The van der Waals surface area contributed by atoms with Crippen molar-refractivity contribution in [2.45, 2.75) is 13.1 Å². The first-order valence-corrected chi connectivity index (χ1v) is 9.12. The van der Waals surface area contributed by atoms with Gasteiger partial charge in [-0.15, -0.1) is 0 Å². The number of anilines is 4. The molecule has 0 saturated carbocycles. The Morgan fingerprint density at radius 2 is 1.75 bits per heavy atom. The zero-order valence-corrected chi connectivity index (χ0v) is 16.3. The van der Waals surface area contributed by atoms with Crippen LogP contribution in [0.2, 0.25) is 0 Å². The molecular formula is C19H16BrF3N4O. The van der Waals surface area contributed by atoms with Gasteiger partial charge in [-0.05, 0) is 59.3 Å². The summed E-state index contributed by atoms with van der Waals surface area (Å²) in [5, 5.41) is 5.62. The Morgan fingerprint density at radius 3 is 2.39 bits per heavy atom. The van der Waals surface area contributed by atoms with Crippen molar-refractivity contribution in [3.8, 4) is 5.75 Å². The summed E-state index contributed by atoms with van der Waals surface area (Å²) in [6, 6.07) is 13.8. The van der Waals surface area contributed by atoms with Gasteiger partial charge in [-0.1, -0.05) is 12.1 Å². The summed E-state index contributed by atoms with van der Waals surface area (Å²) >= 11 is 3.31. The first kappa shape index (κ1) is 19.9. The fraction of sp³-hybridized carbons (Fsp3) is 0.158. The minimum Gasteiger partial charge on any atom is -0.494 e. The first-order chi connectivity index (χ1) is 13.4. The SMILES string of the molecule is CCOc1ccc(Nc2ncc(C(F)(F)F)c(Nc3ccccc3Br)n2)cc1. The number of hydrogen-bond acceptors (Lipinski definition) is 5. The van der Waals surface area contributed by atoms with Crippen molar-refractivity contribution >= 4 is 39.1 Å². The topological polar surface area (TPSA) is 59.1 Å². The number of ether oxygens (including phenoxy) is 1. The second-order valence-corrected chi connectivity index (χ2v) is 6.50. The van der Waals surface area contributed by atoms with E-state index < -0.39 is 11.7 Å². The van der Waals surface area contributed by atoms with Crippen LogP contribution in [0.5, 0.6) is 5.75 Å². The van der Waals surface area contributed by atoms with E-state index in [4.69, 9.17) is 4.74 Å². The van der Waals surface area contributed by atoms with E-state index in [0.717, 1.165) is 6.20 Å². The molecule has 0 fully saturated rings. The van der Waals surface area contributed by atoms with Crippen LogP contribution < -0.4 is 15.4 Å². The average Bonchev–Trinajstić information content (AvgIpc) is 2.65. The number of alkyl halides is 3. The molecular weight excluding hydrogens is 437 g/mol.